The molecule has 0 atom stereocenters. The summed E-state index contributed by atoms with van der Waals surface area (Å²) in [6.07, 6.45) is 0. The van der Waals surface area contributed by atoms with Gasteiger partial charge in [0, 0.05) is 30.1 Å². The Hall–Kier alpha value is -4.25. The van der Waals surface area contributed by atoms with Crippen molar-refractivity contribution in [2.24, 2.45) is 7.05 Å². The zero-order valence-electron chi connectivity index (χ0n) is 19.5. The first-order chi connectivity index (χ1) is 16.6. The molecule has 1 aromatic carbocycles. The van der Waals surface area contributed by atoms with Crippen LogP contribution >= 0.6 is 11.3 Å². The van der Waals surface area contributed by atoms with Gasteiger partial charge in [-0.2, -0.15) is 0 Å². The number of para-hydroxylation sites is 1. The van der Waals surface area contributed by atoms with Crippen LogP contribution in [0, 0.1) is 30.9 Å². The maximum absolute atomic E-state index is 13.4. The van der Waals surface area contributed by atoms with Crippen molar-refractivity contribution >= 4 is 28.1 Å². The van der Waals surface area contributed by atoms with E-state index in [0.717, 1.165) is 0 Å². The molecule has 3 aromatic heterocycles. The minimum atomic E-state index is -0.810. The number of hydrogen-bond acceptors (Lipinski definition) is 7. The lowest BCUT2D eigenvalue weighted by atomic mass is 10.1. The number of Topliss-reactive ketones (excluding diaryl/α,β-unsaturated/α-hetero) is 1. The third-order valence-electron chi connectivity index (χ3n) is 5.79. The number of rotatable bonds is 7. The van der Waals surface area contributed by atoms with Crippen LogP contribution in [0.4, 0.5) is 5.00 Å². The number of ketones is 1. The van der Waals surface area contributed by atoms with Crippen molar-refractivity contribution in [3.8, 4) is 11.4 Å². The van der Waals surface area contributed by atoms with Gasteiger partial charge in [-0.05, 0) is 45.0 Å². The maximum Gasteiger partial charge on any atom is 0.349 e. The molecule has 0 aliphatic carbocycles. The molecule has 0 aliphatic heterocycles. The van der Waals surface area contributed by atoms with Crippen LogP contribution in [0.2, 0.25) is 0 Å². The molecular weight excluding hydrogens is 472 g/mol. The van der Waals surface area contributed by atoms with E-state index in [0.29, 0.717) is 45.4 Å². The normalized spacial score (nSPS) is 11.0. The molecule has 0 fully saturated rings. The summed E-state index contributed by atoms with van der Waals surface area (Å²) in [5, 5.41) is 10.6. The smallest absolute Gasteiger partial charge is 0.349 e. The van der Waals surface area contributed by atoms with E-state index in [2.05, 4.69) is 0 Å². The van der Waals surface area contributed by atoms with Gasteiger partial charge in [0.05, 0.1) is 16.3 Å². The first-order valence-corrected chi connectivity index (χ1v) is 11.4. The number of carbonyl (C=O) groups excluding carboxylic acids is 2. The van der Waals surface area contributed by atoms with Crippen molar-refractivity contribution in [1.29, 1.82) is 0 Å². The topological polar surface area (TPSA) is 118 Å². The van der Waals surface area contributed by atoms with Gasteiger partial charge in [-0.3, -0.25) is 24.4 Å². The van der Waals surface area contributed by atoms with Crippen molar-refractivity contribution < 1.29 is 19.2 Å². The zero-order valence-corrected chi connectivity index (χ0v) is 20.3. The van der Waals surface area contributed by atoms with Crippen LogP contribution < -0.4 is 5.56 Å². The molecule has 0 saturated heterocycles. The van der Waals surface area contributed by atoms with Crippen LogP contribution in [0.25, 0.3) is 11.4 Å². The average Bonchev–Trinajstić information content (AvgIpc) is 3.49. The van der Waals surface area contributed by atoms with Gasteiger partial charge >= 0.3 is 11.0 Å². The van der Waals surface area contributed by atoms with E-state index in [9.17, 15) is 24.5 Å². The van der Waals surface area contributed by atoms with Gasteiger partial charge in [-0.15, -0.1) is 0 Å². The second-order valence-corrected chi connectivity index (χ2v) is 8.99. The van der Waals surface area contributed by atoms with Crippen molar-refractivity contribution in [3.05, 3.63) is 96.5 Å². The molecule has 0 saturated carbocycles. The Morgan fingerprint density at radius 1 is 1.06 bits per heavy atom. The largest absolute Gasteiger partial charge is 0.453 e. The van der Waals surface area contributed by atoms with Crippen LogP contribution in [-0.2, 0) is 11.8 Å². The first kappa shape index (κ1) is 23.9. The summed E-state index contributed by atoms with van der Waals surface area (Å²) in [4.78, 5) is 48.8. The minimum absolute atomic E-state index is 0.0383. The molecule has 0 aliphatic rings. The first-order valence-electron chi connectivity index (χ1n) is 10.6. The second kappa shape index (κ2) is 9.18. The van der Waals surface area contributed by atoms with Gasteiger partial charge in [0.1, 0.15) is 10.6 Å². The Labute approximate surface area is 203 Å². The number of aryl methyl sites for hydroxylation is 1. The van der Waals surface area contributed by atoms with Crippen LogP contribution in [0.15, 0.2) is 53.3 Å². The van der Waals surface area contributed by atoms with Gasteiger partial charge in [0.25, 0.3) is 5.56 Å². The number of carbonyl (C=O) groups is 2. The lowest BCUT2D eigenvalue weighted by Gasteiger charge is -2.08. The Balaban J connectivity index is 1.62. The Morgan fingerprint density at radius 2 is 1.74 bits per heavy atom. The van der Waals surface area contributed by atoms with Crippen LogP contribution in [-0.4, -0.2) is 37.2 Å². The predicted octanol–water partition coefficient (Wildman–Crippen LogP) is 3.90. The van der Waals surface area contributed by atoms with Crippen molar-refractivity contribution in [3.63, 3.8) is 0 Å². The monoisotopic (exact) mass is 494 g/mol. The lowest BCUT2D eigenvalue weighted by Crippen LogP contribution is -2.22. The summed E-state index contributed by atoms with van der Waals surface area (Å²) < 4.78 is 10.1. The number of nitrogens with zero attached hydrogens (tertiary/aromatic N) is 4. The zero-order chi connectivity index (χ0) is 25.4. The maximum atomic E-state index is 13.4. The van der Waals surface area contributed by atoms with E-state index in [1.807, 2.05) is 37.3 Å². The van der Waals surface area contributed by atoms with Crippen LogP contribution in [0.1, 0.15) is 37.1 Å². The highest BCUT2D eigenvalue weighted by molar-refractivity contribution is 7.17. The molecule has 180 valence electrons. The standard InChI is InChI=1S/C24H22N4O6S/c1-14-12-18(19(29)13-34-24(31)20-10-11-21(35-20)28(32)33)15(2)26(14)22-16(3)25(4)27(23(22)30)17-8-6-5-7-9-17/h5-12H,13H2,1-4H3. The molecule has 0 unspecified atom stereocenters. The molecule has 0 bridgehead atoms. The Kier molecular flexibility index (Phi) is 6.27. The van der Waals surface area contributed by atoms with Crippen molar-refractivity contribution in [2.75, 3.05) is 6.61 Å². The van der Waals surface area contributed by atoms with Gasteiger partial charge in [0.15, 0.2) is 6.61 Å². The summed E-state index contributed by atoms with van der Waals surface area (Å²) in [5.41, 5.74) is 3.16. The Bertz CT molecular complexity index is 1520. The van der Waals surface area contributed by atoms with E-state index in [1.165, 1.54) is 12.1 Å². The van der Waals surface area contributed by atoms with E-state index >= 15 is 0 Å². The number of thiophene rings is 1. The molecular formula is C24H22N4O6S. The summed E-state index contributed by atoms with van der Waals surface area (Å²) in [7, 11) is 1.79. The lowest BCUT2D eigenvalue weighted by molar-refractivity contribution is -0.380. The molecule has 4 aromatic rings. The summed E-state index contributed by atoms with van der Waals surface area (Å²) in [6, 6.07) is 13.4. The predicted molar refractivity (Wildman–Crippen MR) is 130 cm³/mol. The third kappa shape index (κ3) is 4.21. The van der Waals surface area contributed by atoms with Crippen molar-refractivity contribution in [2.45, 2.75) is 20.8 Å². The highest BCUT2D eigenvalue weighted by Crippen LogP contribution is 2.25. The van der Waals surface area contributed by atoms with Gasteiger partial charge in [-0.1, -0.05) is 29.5 Å². The van der Waals surface area contributed by atoms with Gasteiger partial charge < -0.3 is 9.30 Å². The fourth-order valence-corrected chi connectivity index (χ4v) is 4.73. The average molecular weight is 495 g/mol. The fraction of sp³-hybridized carbons (Fsp3) is 0.208. The SMILES string of the molecule is Cc1cc(C(=O)COC(=O)c2ccc([N+](=O)[O-])s2)c(C)n1-c1c(C)n(C)n(-c2ccccc2)c1=O. The molecule has 11 heteroatoms. The number of benzene rings is 1. The van der Waals surface area contributed by atoms with Crippen LogP contribution in [0.3, 0.4) is 0 Å². The number of esters is 1. The molecule has 0 radical (unpaired) electrons. The number of aromatic nitrogens is 3. The molecule has 10 nitrogen and oxygen atoms in total. The minimum Gasteiger partial charge on any atom is -0.453 e. The molecule has 4 rings (SSSR count). The molecule has 35 heavy (non-hydrogen) atoms. The van der Waals surface area contributed by atoms with Gasteiger partial charge in [0.2, 0.25) is 5.78 Å². The van der Waals surface area contributed by atoms with E-state index in [4.69, 9.17) is 4.74 Å². The summed E-state index contributed by atoms with van der Waals surface area (Å²) in [6.45, 7) is 4.82. The summed E-state index contributed by atoms with van der Waals surface area (Å²) in [5.74, 6) is -1.25. The Morgan fingerprint density at radius 3 is 2.37 bits per heavy atom. The van der Waals surface area contributed by atoms with Crippen LogP contribution in [0.5, 0.6) is 0 Å². The molecule has 0 amide bonds. The highest BCUT2D eigenvalue weighted by atomic mass is 32.1. The molecule has 0 N–H and O–H groups in total. The van der Waals surface area contributed by atoms with Crippen molar-refractivity contribution in [1.82, 2.24) is 13.9 Å². The fourth-order valence-electron chi connectivity index (χ4n) is 4.02. The molecule has 0 spiro atoms. The van der Waals surface area contributed by atoms with E-state index < -0.39 is 23.3 Å². The van der Waals surface area contributed by atoms with E-state index in [1.54, 1.807) is 40.9 Å². The molecule has 3 heterocycles. The quantitative estimate of drug-likeness (QED) is 0.166. The summed E-state index contributed by atoms with van der Waals surface area (Å²) >= 11 is 0.680. The number of nitro groups is 1. The van der Waals surface area contributed by atoms with E-state index in [-0.39, 0.29) is 15.4 Å². The number of ether oxygens (including phenoxy) is 1. The highest BCUT2D eigenvalue weighted by Gasteiger charge is 2.25. The van der Waals surface area contributed by atoms with Gasteiger partial charge in [-0.25, -0.2) is 9.48 Å². The second-order valence-electron chi connectivity index (χ2n) is 7.92. The number of hydrogen-bond donors (Lipinski definition) is 0. The third-order valence-corrected chi connectivity index (χ3v) is 6.80.